The summed E-state index contributed by atoms with van der Waals surface area (Å²) in [6.45, 7) is 3.13. The van der Waals surface area contributed by atoms with E-state index in [1.54, 1.807) is 0 Å². The van der Waals surface area contributed by atoms with E-state index in [1.807, 2.05) is 31.2 Å². The number of amides is 1. The molecule has 3 N–H and O–H groups in total. The Morgan fingerprint density at radius 3 is 2.88 bits per heavy atom. The highest BCUT2D eigenvalue weighted by molar-refractivity contribution is 5.77. The molecular formula is C12H18N2O2. The Labute approximate surface area is 95.8 Å². The van der Waals surface area contributed by atoms with E-state index in [0.29, 0.717) is 18.8 Å². The fraction of sp³-hybridized carbons (Fsp3) is 0.417. The first kappa shape index (κ1) is 12.5. The zero-order chi connectivity index (χ0) is 11.8. The van der Waals surface area contributed by atoms with Crippen LogP contribution < -0.4 is 15.8 Å². The maximum atomic E-state index is 11.3. The highest BCUT2D eigenvalue weighted by atomic mass is 16.5. The number of hydrogen-bond acceptors (Lipinski definition) is 3. The van der Waals surface area contributed by atoms with Crippen LogP contribution in [0.1, 0.15) is 18.9 Å². The van der Waals surface area contributed by atoms with Crippen molar-refractivity contribution in [3.8, 4) is 5.75 Å². The second-order valence-corrected chi connectivity index (χ2v) is 3.45. The van der Waals surface area contributed by atoms with Gasteiger partial charge in [-0.1, -0.05) is 25.1 Å². The molecule has 0 aromatic heterocycles. The van der Waals surface area contributed by atoms with Gasteiger partial charge in [-0.25, -0.2) is 0 Å². The number of para-hydroxylation sites is 1. The summed E-state index contributed by atoms with van der Waals surface area (Å²) in [4.78, 5) is 11.3. The Hall–Kier alpha value is -1.55. The van der Waals surface area contributed by atoms with Gasteiger partial charge in [0.25, 0.3) is 5.91 Å². The lowest BCUT2D eigenvalue weighted by Gasteiger charge is -2.09. The third-order valence-electron chi connectivity index (χ3n) is 2.12. The molecule has 1 rings (SSSR count). The van der Waals surface area contributed by atoms with Gasteiger partial charge < -0.3 is 15.8 Å². The van der Waals surface area contributed by atoms with Gasteiger partial charge in [-0.2, -0.15) is 0 Å². The molecular weight excluding hydrogens is 204 g/mol. The van der Waals surface area contributed by atoms with Crippen LogP contribution in [0, 0.1) is 0 Å². The molecule has 16 heavy (non-hydrogen) atoms. The van der Waals surface area contributed by atoms with Crippen molar-refractivity contribution in [3.63, 3.8) is 0 Å². The topological polar surface area (TPSA) is 64.3 Å². The number of carbonyl (C=O) groups is 1. The van der Waals surface area contributed by atoms with Crippen molar-refractivity contribution in [1.29, 1.82) is 0 Å². The second-order valence-electron chi connectivity index (χ2n) is 3.45. The van der Waals surface area contributed by atoms with Crippen molar-refractivity contribution in [2.75, 3.05) is 13.2 Å². The predicted molar refractivity (Wildman–Crippen MR) is 63.1 cm³/mol. The van der Waals surface area contributed by atoms with Crippen molar-refractivity contribution in [2.45, 2.75) is 19.9 Å². The van der Waals surface area contributed by atoms with Crippen LogP contribution in [-0.2, 0) is 11.3 Å². The lowest BCUT2D eigenvalue weighted by molar-refractivity contribution is -0.123. The summed E-state index contributed by atoms with van der Waals surface area (Å²) in [6.07, 6.45) is 0.922. The van der Waals surface area contributed by atoms with E-state index in [4.69, 9.17) is 10.5 Å². The van der Waals surface area contributed by atoms with Crippen LogP contribution in [0.3, 0.4) is 0 Å². The van der Waals surface area contributed by atoms with Crippen molar-refractivity contribution >= 4 is 5.91 Å². The number of nitrogens with two attached hydrogens (primary N) is 1. The average Bonchev–Trinajstić information content (AvgIpc) is 2.34. The first-order valence-corrected chi connectivity index (χ1v) is 5.45. The van der Waals surface area contributed by atoms with Crippen LogP contribution >= 0.6 is 0 Å². The van der Waals surface area contributed by atoms with E-state index in [2.05, 4.69) is 5.32 Å². The van der Waals surface area contributed by atoms with Gasteiger partial charge >= 0.3 is 0 Å². The lowest BCUT2D eigenvalue weighted by atomic mass is 10.2. The summed E-state index contributed by atoms with van der Waals surface area (Å²) in [5.74, 6) is 0.574. The molecule has 1 amide bonds. The summed E-state index contributed by atoms with van der Waals surface area (Å²) in [5.41, 5.74) is 6.46. The van der Waals surface area contributed by atoms with Gasteiger partial charge in [0.2, 0.25) is 0 Å². The number of ether oxygens (including phenoxy) is 1. The zero-order valence-corrected chi connectivity index (χ0v) is 9.53. The molecule has 0 aliphatic carbocycles. The SMILES string of the molecule is CCCNC(=O)COc1ccccc1CN. The van der Waals surface area contributed by atoms with Gasteiger partial charge in [-0.05, 0) is 12.5 Å². The number of hydrogen-bond donors (Lipinski definition) is 2. The molecule has 0 aliphatic heterocycles. The van der Waals surface area contributed by atoms with E-state index < -0.39 is 0 Å². The van der Waals surface area contributed by atoms with Crippen LogP contribution in [0.5, 0.6) is 5.75 Å². The molecule has 0 spiro atoms. The average molecular weight is 222 g/mol. The van der Waals surface area contributed by atoms with Crippen molar-refractivity contribution in [2.24, 2.45) is 5.73 Å². The zero-order valence-electron chi connectivity index (χ0n) is 9.53. The molecule has 0 bridgehead atoms. The quantitative estimate of drug-likeness (QED) is 0.756. The molecule has 1 aromatic rings. The third-order valence-corrected chi connectivity index (χ3v) is 2.12. The Morgan fingerprint density at radius 2 is 2.19 bits per heavy atom. The van der Waals surface area contributed by atoms with Crippen molar-refractivity contribution in [1.82, 2.24) is 5.32 Å². The molecule has 0 radical (unpaired) electrons. The van der Waals surface area contributed by atoms with Crippen molar-refractivity contribution < 1.29 is 9.53 Å². The Kier molecular flexibility index (Phi) is 5.36. The summed E-state index contributed by atoms with van der Waals surface area (Å²) in [6, 6.07) is 7.46. The summed E-state index contributed by atoms with van der Waals surface area (Å²) < 4.78 is 5.39. The van der Waals surface area contributed by atoms with Gasteiger partial charge in [0.1, 0.15) is 5.75 Å². The standard InChI is InChI=1S/C12H18N2O2/c1-2-7-14-12(15)9-16-11-6-4-3-5-10(11)8-13/h3-6H,2,7-9,13H2,1H3,(H,14,15). The molecule has 88 valence electrons. The molecule has 0 saturated heterocycles. The minimum atomic E-state index is -0.103. The van der Waals surface area contributed by atoms with Crippen LogP contribution in [0.4, 0.5) is 0 Å². The Balaban J connectivity index is 2.44. The predicted octanol–water partition coefficient (Wildman–Crippen LogP) is 1.05. The minimum Gasteiger partial charge on any atom is -0.483 e. The van der Waals surface area contributed by atoms with E-state index in [0.717, 1.165) is 12.0 Å². The van der Waals surface area contributed by atoms with Gasteiger partial charge in [0.15, 0.2) is 6.61 Å². The molecule has 0 fully saturated rings. The van der Waals surface area contributed by atoms with E-state index >= 15 is 0 Å². The van der Waals surface area contributed by atoms with Gasteiger partial charge in [-0.15, -0.1) is 0 Å². The summed E-state index contributed by atoms with van der Waals surface area (Å²) >= 11 is 0. The fourth-order valence-electron chi connectivity index (χ4n) is 1.27. The smallest absolute Gasteiger partial charge is 0.257 e. The normalized spacial score (nSPS) is 9.88. The van der Waals surface area contributed by atoms with Crippen molar-refractivity contribution in [3.05, 3.63) is 29.8 Å². The van der Waals surface area contributed by atoms with Gasteiger partial charge in [-0.3, -0.25) is 4.79 Å². The maximum Gasteiger partial charge on any atom is 0.257 e. The van der Waals surface area contributed by atoms with E-state index in [1.165, 1.54) is 0 Å². The Bertz CT molecular complexity index is 340. The van der Waals surface area contributed by atoms with Crippen LogP contribution in [0.2, 0.25) is 0 Å². The maximum absolute atomic E-state index is 11.3. The fourth-order valence-corrected chi connectivity index (χ4v) is 1.27. The molecule has 4 heteroatoms. The monoisotopic (exact) mass is 222 g/mol. The lowest BCUT2D eigenvalue weighted by Crippen LogP contribution is -2.29. The first-order chi connectivity index (χ1) is 7.77. The molecule has 0 heterocycles. The molecule has 0 saturated carbocycles. The third kappa shape index (κ3) is 3.90. The first-order valence-electron chi connectivity index (χ1n) is 5.45. The minimum absolute atomic E-state index is 0.0387. The molecule has 4 nitrogen and oxygen atoms in total. The number of nitrogens with one attached hydrogen (secondary N) is 1. The van der Waals surface area contributed by atoms with Crippen LogP contribution in [-0.4, -0.2) is 19.1 Å². The number of carbonyl (C=O) groups excluding carboxylic acids is 1. The molecule has 0 atom stereocenters. The summed E-state index contributed by atoms with van der Waals surface area (Å²) in [5, 5.41) is 2.74. The van der Waals surface area contributed by atoms with Crippen LogP contribution in [0.25, 0.3) is 0 Å². The molecule has 1 aromatic carbocycles. The number of benzene rings is 1. The van der Waals surface area contributed by atoms with Gasteiger partial charge in [0, 0.05) is 18.7 Å². The largest absolute Gasteiger partial charge is 0.483 e. The molecule has 0 unspecified atom stereocenters. The summed E-state index contributed by atoms with van der Waals surface area (Å²) in [7, 11) is 0. The second kappa shape index (κ2) is 6.85. The Morgan fingerprint density at radius 1 is 1.44 bits per heavy atom. The number of rotatable bonds is 6. The highest BCUT2D eigenvalue weighted by Gasteiger charge is 2.04. The highest BCUT2D eigenvalue weighted by Crippen LogP contribution is 2.16. The van der Waals surface area contributed by atoms with Crippen LogP contribution in [0.15, 0.2) is 24.3 Å². The molecule has 0 aliphatic rings. The van der Waals surface area contributed by atoms with Gasteiger partial charge in [0.05, 0.1) is 0 Å². The van der Waals surface area contributed by atoms with E-state index in [-0.39, 0.29) is 12.5 Å². The van der Waals surface area contributed by atoms with E-state index in [9.17, 15) is 4.79 Å².